The molecule has 1 atom stereocenters. The monoisotopic (exact) mass is 377 g/mol. The Bertz CT molecular complexity index is 602. The molecule has 152 valence electrons. The summed E-state index contributed by atoms with van der Waals surface area (Å²) in [5.74, 6) is -0.122. The van der Waals surface area contributed by atoms with Gasteiger partial charge >= 0.3 is 0 Å². The lowest BCUT2D eigenvalue weighted by Crippen LogP contribution is -2.28. The van der Waals surface area contributed by atoms with E-state index in [0.29, 0.717) is 24.4 Å². The van der Waals surface area contributed by atoms with Crippen LogP contribution < -0.4 is 15.5 Å². The fourth-order valence-corrected chi connectivity index (χ4v) is 2.91. The molecule has 1 aromatic carbocycles. The van der Waals surface area contributed by atoms with E-state index in [1.807, 2.05) is 38.1 Å². The minimum atomic E-state index is -0.149. The SMILES string of the molecule is CCCC[C@H](CC)C(=O)Nc1ccc(N(C)C)c(C(=O)NCCCOC)c1. The number of carbonyl (C=O) groups excluding carboxylic acids is 2. The molecule has 2 N–H and O–H groups in total. The van der Waals surface area contributed by atoms with Gasteiger partial charge in [-0.3, -0.25) is 9.59 Å². The second-order valence-corrected chi connectivity index (χ2v) is 6.97. The first-order valence-electron chi connectivity index (χ1n) is 9.83. The number of unbranched alkanes of at least 4 members (excludes halogenated alkanes) is 1. The average Bonchev–Trinajstić information content (AvgIpc) is 2.65. The molecule has 1 aromatic rings. The molecule has 6 nitrogen and oxygen atoms in total. The minimum absolute atomic E-state index is 0.00444. The van der Waals surface area contributed by atoms with E-state index in [4.69, 9.17) is 4.74 Å². The summed E-state index contributed by atoms with van der Waals surface area (Å²) in [6, 6.07) is 5.47. The van der Waals surface area contributed by atoms with Gasteiger partial charge in [0.1, 0.15) is 0 Å². The highest BCUT2D eigenvalue weighted by molar-refractivity contribution is 6.02. The van der Waals surface area contributed by atoms with Gasteiger partial charge < -0.3 is 20.3 Å². The van der Waals surface area contributed by atoms with Gasteiger partial charge in [-0.1, -0.05) is 26.7 Å². The highest BCUT2D eigenvalue weighted by Gasteiger charge is 2.18. The summed E-state index contributed by atoms with van der Waals surface area (Å²) in [4.78, 5) is 27.1. The summed E-state index contributed by atoms with van der Waals surface area (Å²) in [6.45, 7) is 5.31. The lowest BCUT2D eigenvalue weighted by molar-refractivity contribution is -0.120. The van der Waals surface area contributed by atoms with Crippen LogP contribution in [0.25, 0.3) is 0 Å². The van der Waals surface area contributed by atoms with Crippen LogP contribution in [0.15, 0.2) is 18.2 Å². The van der Waals surface area contributed by atoms with Gasteiger partial charge in [0.25, 0.3) is 5.91 Å². The van der Waals surface area contributed by atoms with Crippen LogP contribution in [0.1, 0.15) is 56.3 Å². The lowest BCUT2D eigenvalue weighted by atomic mass is 9.98. The van der Waals surface area contributed by atoms with Crippen molar-refractivity contribution in [1.29, 1.82) is 0 Å². The van der Waals surface area contributed by atoms with Gasteiger partial charge in [0.05, 0.1) is 5.56 Å². The number of benzene rings is 1. The zero-order valence-electron chi connectivity index (χ0n) is 17.4. The van der Waals surface area contributed by atoms with Crippen molar-refractivity contribution in [2.45, 2.75) is 46.0 Å². The van der Waals surface area contributed by atoms with Crippen molar-refractivity contribution in [3.8, 4) is 0 Å². The zero-order chi connectivity index (χ0) is 20.2. The first kappa shape index (κ1) is 23.0. The highest BCUT2D eigenvalue weighted by atomic mass is 16.5. The van der Waals surface area contributed by atoms with Gasteiger partial charge in [-0.15, -0.1) is 0 Å². The molecule has 27 heavy (non-hydrogen) atoms. The number of amides is 2. The normalized spacial score (nSPS) is 11.7. The molecule has 1 rings (SSSR count). The molecule has 6 heteroatoms. The maximum Gasteiger partial charge on any atom is 0.253 e. The highest BCUT2D eigenvalue weighted by Crippen LogP contribution is 2.24. The van der Waals surface area contributed by atoms with Gasteiger partial charge in [0, 0.05) is 51.6 Å². The number of hydrogen-bond donors (Lipinski definition) is 2. The predicted octanol–water partition coefficient (Wildman–Crippen LogP) is 3.67. The van der Waals surface area contributed by atoms with E-state index in [2.05, 4.69) is 17.6 Å². The van der Waals surface area contributed by atoms with Crippen LogP contribution in [-0.2, 0) is 9.53 Å². The molecule has 0 saturated heterocycles. The van der Waals surface area contributed by atoms with E-state index in [-0.39, 0.29) is 17.7 Å². The molecule has 0 aliphatic carbocycles. The molecular formula is C21H35N3O3. The second-order valence-electron chi connectivity index (χ2n) is 6.97. The summed E-state index contributed by atoms with van der Waals surface area (Å²) in [7, 11) is 5.43. The molecular weight excluding hydrogens is 342 g/mol. The first-order valence-corrected chi connectivity index (χ1v) is 9.83. The second kappa shape index (κ2) is 12.3. The molecule has 0 bridgehead atoms. The smallest absolute Gasteiger partial charge is 0.253 e. The number of rotatable bonds is 12. The maximum absolute atomic E-state index is 12.6. The van der Waals surface area contributed by atoms with Gasteiger partial charge in [-0.05, 0) is 37.5 Å². The quantitative estimate of drug-likeness (QED) is 0.545. The van der Waals surface area contributed by atoms with Gasteiger partial charge in [0.15, 0.2) is 0 Å². The predicted molar refractivity (Wildman–Crippen MR) is 112 cm³/mol. The van der Waals surface area contributed by atoms with Gasteiger partial charge in [0.2, 0.25) is 5.91 Å². The molecule has 0 aliphatic heterocycles. The third kappa shape index (κ3) is 7.59. The van der Waals surface area contributed by atoms with Crippen molar-refractivity contribution in [3.63, 3.8) is 0 Å². The zero-order valence-corrected chi connectivity index (χ0v) is 17.4. The molecule has 0 saturated carbocycles. The minimum Gasteiger partial charge on any atom is -0.385 e. The van der Waals surface area contributed by atoms with E-state index < -0.39 is 0 Å². The Morgan fingerprint density at radius 1 is 1.19 bits per heavy atom. The lowest BCUT2D eigenvalue weighted by Gasteiger charge is -2.19. The number of ether oxygens (including phenoxy) is 1. The van der Waals surface area contributed by atoms with Gasteiger partial charge in [-0.2, -0.15) is 0 Å². The Balaban J connectivity index is 2.90. The van der Waals surface area contributed by atoms with Crippen molar-refractivity contribution >= 4 is 23.2 Å². The number of nitrogens with one attached hydrogen (secondary N) is 2. The van der Waals surface area contributed by atoms with Crippen molar-refractivity contribution in [3.05, 3.63) is 23.8 Å². The van der Waals surface area contributed by atoms with E-state index in [0.717, 1.165) is 37.8 Å². The Kier molecular flexibility index (Phi) is 10.5. The molecule has 2 amide bonds. The molecule has 0 aliphatic rings. The summed E-state index contributed by atoms with van der Waals surface area (Å²) in [5.41, 5.74) is 2.02. The topological polar surface area (TPSA) is 70.7 Å². The van der Waals surface area contributed by atoms with E-state index in [1.54, 1.807) is 13.2 Å². The number of anilines is 2. The Labute approximate surface area is 163 Å². The van der Waals surface area contributed by atoms with Crippen LogP contribution >= 0.6 is 0 Å². The van der Waals surface area contributed by atoms with Crippen LogP contribution in [0.3, 0.4) is 0 Å². The Morgan fingerprint density at radius 3 is 2.52 bits per heavy atom. The van der Waals surface area contributed by atoms with Gasteiger partial charge in [-0.25, -0.2) is 0 Å². The van der Waals surface area contributed by atoms with Crippen molar-refractivity contribution in [2.24, 2.45) is 5.92 Å². The van der Waals surface area contributed by atoms with Crippen LogP contribution in [0.2, 0.25) is 0 Å². The Morgan fingerprint density at radius 2 is 1.93 bits per heavy atom. The maximum atomic E-state index is 12.6. The number of hydrogen-bond acceptors (Lipinski definition) is 4. The van der Waals surface area contributed by atoms with Crippen LogP contribution in [0.5, 0.6) is 0 Å². The fraction of sp³-hybridized carbons (Fsp3) is 0.619. The molecule has 0 fully saturated rings. The van der Waals surface area contributed by atoms with Crippen molar-refractivity contribution < 1.29 is 14.3 Å². The molecule has 0 unspecified atom stereocenters. The Hall–Kier alpha value is -2.08. The molecule has 0 heterocycles. The standard InChI is InChI=1S/C21H35N3O3/c1-6-8-10-16(7-2)20(25)23-17-11-12-19(24(3)4)18(15-17)21(26)22-13-9-14-27-5/h11-12,15-16H,6-10,13-14H2,1-5H3,(H,22,26)(H,23,25)/t16-/m0/s1. The van der Waals surface area contributed by atoms with Crippen LogP contribution in [-0.4, -0.2) is 46.2 Å². The first-order chi connectivity index (χ1) is 12.9. The van der Waals surface area contributed by atoms with E-state index in [1.165, 1.54) is 0 Å². The van der Waals surface area contributed by atoms with Crippen molar-refractivity contribution in [2.75, 3.05) is 44.6 Å². The van der Waals surface area contributed by atoms with Crippen molar-refractivity contribution in [1.82, 2.24) is 5.32 Å². The van der Waals surface area contributed by atoms with Crippen LogP contribution in [0, 0.1) is 5.92 Å². The summed E-state index contributed by atoms with van der Waals surface area (Å²) in [5, 5.41) is 5.90. The van der Waals surface area contributed by atoms with Crippen LogP contribution in [0.4, 0.5) is 11.4 Å². The number of nitrogens with zero attached hydrogens (tertiary/aromatic N) is 1. The van der Waals surface area contributed by atoms with E-state index in [9.17, 15) is 9.59 Å². The largest absolute Gasteiger partial charge is 0.385 e. The van der Waals surface area contributed by atoms with E-state index >= 15 is 0 Å². The fourth-order valence-electron chi connectivity index (χ4n) is 2.91. The molecule has 0 spiro atoms. The number of carbonyl (C=O) groups is 2. The average molecular weight is 378 g/mol. The summed E-state index contributed by atoms with van der Waals surface area (Å²) in [6.07, 6.45) is 4.58. The third-order valence-corrected chi connectivity index (χ3v) is 4.57. The third-order valence-electron chi connectivity index (χ3n) is 4.57. The summed E-state index contributed by atoms with van der Waals surface area (Å²) >= 11 is 0. The number of methoxy groups -OCH3 is 1. The molecule has 0 radical (unpaired) electrons. The summed E-state index contributed by atoms with van der Waals surface area (Å²) < 4.78 is 5.01. The molecule has 0 aromatic heterocycles.